The zero-order valence-electron chi connectivity index (χ0n) is 9.54. The Bertz CT molecular complexity index is 508. The number of ether oxygens (including phenoxy) is 1. The maximum absolute atomic E-state index is 10.8. The molecule has 0 aliphatic carbocycles. The predicted molar refractivity (Wildman–Crippen MR) is 62.2 cm³/mol. The highest BCUT2D eigenvalue weighted by molar-refractivity contribution is 5.78. The van der Waals surface area contributed by atoms with Crippen molar-refractivity contribution in [3.05, 3.63) is 36.3 Å². The molecular weight excluding hydrogens is 218 g/mol. The van der Waals surface area contributed by atoms with Crippen molar-refractivity contribution in [1.29, 1.82) is 0 Å². The van der Waals surface area contributed by atoms with E-state index in [2.05, 4.69) is 17.0 Å². The average Bonchev–Trinajstić information content (AvgIpc) is 2.78. The van der Waals surface area contributed by atoms with E-state index in [0.717, 1.165) is 19.3 Å². The molecule has 0 saturated carbocycles. The third-order valence-corrected chi connectivity index (χ3v) is 2.20. The molecule has 5 heteroatoms. The molecule has 0 N–H and O–H groups in total. The number of aryl methyl sites for hydroxylation is 1. The van der Waals surface area contributed by atoms with E-state index in [9.17, 15) is 4.79 Å². The number of nitrogens with zero attached hydrogens (tertiary/aromatic N) is 3. The summed E-state index contributed by atoms with van der Waals surface area (Å²) in [5.41, 5.74) is 0.427. The van der Waals surface area contributed by atoms with Crippen LogP contribution in [0, 0.1) is 0 Å². The number of carbonyl (C=O) groups excluding carboxylic acids is 1. The monoisotopic (exact) mass is 231 g/mol. The van der Waals surface area contributed by atoms with Gasteiger partial charge in [-0.1, -0.05) is 6.92 Å². The molecule has 0 unspecified atom stereocenters. The van der Waals surface area contributed by atoms with Crippen molar-refractivity contribution in [2.75, 3.05) is 0 Å². The Hall–Kier alpha value is -2.17. The zero-order valence-corrected chi connectivity index (χ0v) is 9.54. The fraction of sp³-hybridized carbons (Fsp3) is 0.250. The molecule has 88 valence electrons. The van der Waals surface area contributed by atoms with Crippen molar-refractivity contribution in [2.24, 2.45) is 0 Å². The summed E-state index contributed by atoms with van der Waals surface area (Å²) in [7, 11) is 0. The molecule has 2 aromatic rings. The van der Waals surface area contributed by atoms with Gasteiger partial charge in [0.15, 0.2) is 12.0 Å². The summed E-state index contributed by atoms with van der Waals surface area (Å²) in [5.74, 6) is 0.888. The molecular formula is C12H13N3O2. The smallest absolute Gasteiger partial charge is 0.229 e. The van der Waals surface area contributed by atoms with Gasteiger partial charge in [0.1, 0.15) is 0 Å². The highest BCUT2D eigenvalue weighted by atomic mass is 16.5. The van der Waals surface area contributed by atoms with Crippen LogP contribution in [0.2, 0.25) is 0 Å². The normalized spacial score (nSPS) is 10.2. The first-order chi connectivity index (χ1) is 8.33. The molecule has 0 aromatic carbocycles. The predicted octanol–water partition coefficient (Wildman–Crippen LogP) is 2.29. The van der Waals surface area contributed by atoms with Gasteiger partial charge >= 0.3 is 0 Å². The van der Waals surface area contributed by atoms with E-state index in [1.165, 1.54) is 0 Å². The Balaban J connectivity index is 2.16. The van der Waals surface area contributed by atoms with Crippen molar-refractivity contribution in [2.45, 2.75) is 19.9 Å². The van der Waals surface area contributed by atoms with E-state index >= 15 is 0 Å². The minimum atomic E-state index is 0.304. The molecule has 0 aliphatic rings. The third kappa shape index (κ3) is 2.69. The van der Waals surface area contributed by atoms with Crippen LogP contribution in [0.3, 0.4) is 0 Å². The van der Waals surface area contributed by atoms with Crippen LogP contribution in [0.4, 0.5) is 0 Å². The number of rotatable bonds is 5. The van der Waals surface area contributed by atoms with Crippen LogP contribution in [0.25, 0.3) is 0 Å². The number of carbonyl (C=O) groups is 1. The van der Waals surface area contributed by atoms with Gasteiger partial charge in [0.25, 0.3) is 0 Å². The molecule has 0 radical (unpaired) electrons. The second-order valence-corrected chi connectivity index (χ2v) is 3.56. The largest absolute Gasteiger partial charge is 0.435 e. The first-order valence-electron chi connectivity index (χ1n) is 5.44. The standard InChI is InChI=1S/C12H13N3O2/c1-2-6-15-8-11(7-14-15)17-12-10(9-16)4-3-5-13-12/h3-5,7-9H,2,6H2,1H3. The van der Waals surface area contributed by atoms with Gasteiger partial charge < -0.3 is 4.74 Å². The van der Waals surface area contributed by atoms with Gasteiger partial charge in [-0.15, -0.1) is 0 Å². The summed E-state index contributed by atoms with van der Waals surface area (Å²) in [5, 5.41) is 4.13. The lowest BCUT2D eigenvalue weighted by Crippen LogP contribution is -1.95. The number of hydrogen-bond donors (Lipinski definition) is 0. The molecule has 0 saturated heterocycles. The molecule has 17 heavy (non-hydrogen) atoms. The highest BCUT2D eigenvalue weighted by Gasteiger charge is 2.06. The second kappa shape index (κ2) is 5.25. The van der Waals surface area contributed by atoms with E-state index < -0.39 is 0 Å². The van der Waals surface area contributed by atoms with Crippen LogP contribution in [-0.2, 0) is 6.54 Å². The molecule has 2 rings (SSSR count). The SMILES string of the molecule is CCCn1cc(Oc2ncccc2C=O)cn1. The first-order valence-corrected chi connectivity index (χ1v) is 5.44. The Morgan fingerprint density at radius 3 is 3.18 bits per heavy atom. The van der Waals surface area contributed by atoms with Gasteiger partial charge in [-0.3, -0.25) is 9.48 Å². The summed E-state index contributed by atoms with van der Waals surface area (Å²) < 4.78 is 7.29. The van der Waals surface area contributed by atoms with Gasteiger partial charge in [-0.25, -0.2) is 4.98 Å². The Labute approximate surface area is 99.1 Å². The lowest BCUT2D eigenvalue weighted by atomic mass is 10.3. The summed E-state index contributed by atoms with van der Waals surface area (Å²) in [6.45, 7) is 2.91. The summed E-state index contributed by atoms with van der Waals surface area (Å²) in [4.78, 5) is 14.8. The Morgan fingerprint density at radius 2 is 2.41 bits per heavy atom. The number of hydrogen-bond acceptors (Lipinski definition) is 4. The van der Waals surface area contributed by atoms with Gasteiger partial charge in [0, 0.05) is 12.7 Å². The molecule has 0 bridgehead atoms. The van der Waals surface area contributed by atoms with Crippen molar-refractivity contribution in [3.63, 3.8) is 0 Å². The molecule has 0 atom stereocenters. The van der Waals surface area contributed by atoms with Crippen LogP contribution in [0.15, 0.2) is 30.7 Å². The summed E-state index contributed by atoms with van der Waals surface area (Å²) in [6.07, 6.45) is 6.70. The Morgan fingerprint density at radius 1 is 1.53 bits per heavy atom. The molecule has 0 aliphatic heterocycles. The molecule has 2 aromatic heterocycles. The fourth-order valence-electron chi connectivity index (χ4n) is 1.44. The number of aromatic nitrogens is 3. The third-order valence-electron chi connectivity index (χ3n) is 2.20. The second-order valence-electron chi connectivity index (χ2n) is 3.56. The van der Waals surface area contributed by atoms with Gasteiger partial charge in [-0.05, 0) is 18.6 Å². The zero-order chi connectivity index (χ0) is 12.1. The molecule has 0 spiro atoms. The minimum absolute atomic E-state index is 0.304. The minimum Gasteiger partial charge on any atom is -0.435 e. The van der Waals surface area contributed by atoms with Gasteiger partial charge in [-0.2, -0.15) is 5.10 Å². The van der Waals surface area contributed by atoms with Gasteiger partial charge in [0.05, 0.1) is 18.0 Å². The van der Waals surface area contributed by atoms with Crippen molar-refractivity contribution < 1.29 is 9.53 Å². The summed E-state index contributed by atoms with van der Waals surface area (Å²) in [6, 6.07) is 3.35. The van der Waals surface area contributed by atoms with E-state index in [4.69, 9.17) is 4.74 Å². The van der Waals surface area contributed by atoms with Crippen molar-refractivity contribution in [1.82, 2.24) is 14.8 Å². The maximum Gasteiger partial charge on any atom is 0.229 e. The first kappa shape index (κ1) is 11.3. The van der Waals surface area contributed by atoms with Crippen LogP contribution in [0.1, 0.15) is 23.7 Å². The van der Waals surface area contributed by atoms with E-state index in [0.29, 0.717) is 17.2 Å². The van der Waals surface area contributed by atoms with Gasteiger partial charge in [0.2, 0.25) is 5.88 Å². The van der Waals surface area contributed by atoms with Crippen molar-refractivity contribution in [3.8, 4) is 11.6 Å². The molecule has 2 heterocycles. The van der Waals surface area contributed by atoms with Crippen LogP contribution >= 0.6 is 0 Å². The lowest BCUT2D eigenvalue weighted by Gasteiger charge is -2.03. The molecule has 5 nitrogen and oxygen atoms in total. The van der Waals surface area contributed by atoms with Crippen molar-refractivity contribution >= 4 is 6.29 Å². The number of pyridine rings is 1. The van der Waals surface area contributed by atoms with E-state index in [1.54, 1.807) is 35.4 Å². The van der Waals surface area contributed by atoms with E-state index in [-0.39, 0.29) is 0 Å². The number of aldehydes is 1. The molecule has 0 fully saturated rings. The average molecular weight is 231 g/mol. The fourth-order valence-corrected chi connectivity index (χ4v) is 1.44. The maximum atomic E-state index is 10.8. The van der Waals surface area contributed by atoms with Crippen LogP contribution in [0.5, 0.6) is 11.6 Å². The quantitative estimate of drug-likeness (QED) is 0.741. The lowest BCUT2D eigenvalue weighted by molar-refractivity contribution is 0.112. The van der Waals surface area contributed by atoms with E-state index in [1.807, 2.05) is 0 Å². The summed E-state index contributed by atoms with van der Waals surface area (Å²) >= 11 is 0. The van der Waals surface area contributed by atoms with Crippen LogP contribution in [-0.4, -0.2) is 21.1 Å². The highest BCUT2D eigenvalue weighted by Crippen LogP contribution is 2.20. The molecule has 0 amide bonds. The topological polar surface area (TPSA) is 57.0 Å². The van der Waals surface area contributed by atoms with Crippen LogP contribution < -0.4 is 4.74 Å². The Kier molecular flexibility index (Phi) is 3.49.